The Labute approximate surface area is 74.3 Å². The van der Waals surface area contributed by atoms with Gasteiger partial charge in [0.1, 0.15) is 0 Å². The molecule has 0 bridgehead atoms. The van der Waals surface area contributed by atoms with Crippen LogP contribution in [0.2, 0.25) is 0 Å². The molecule has 2 rings (SSSR count). The van der Waals surface area contributed by atoms with Crippen LogP contribution in [-0.4, -0.2) is 5.91 Å². The number of carbonyl (C=O) groups excluding carboxylic acids is 1. The van der Waals surface area contributed by atoms with Gasteiger partial charge in [0.2, 0.25) is 0 Å². The summed E-state index contributed by atoms with van der Waals surface area (Å²) in [6.07, 6.45) is 1.53. The highest BCUT2D eigenvalue weighted by Gasteiger charge is 2.12. The molecule has 1 heterocycles. The smallest absolute Gasteiger partial charge is 0.301 e. The van der Waals surface area contributed by atoms with Gasteiger partial charge in [0.25, 0.3) is 0 Å². The predicted molar refractivity (Wildman–Crippen MR) is 47.9 cm³/mol. The van der Waals surface area contributed by atoms with Gasteiger partial charge in [-0.3, -0.25) is 10.2 Å². The van der Waals surface area contributed by atoms with Crippen molar-refractivity contribution in [3.8, 4) is 0 Å². The zero-order valence-electron chi connectivity index (χ0n) is 6.78. The standard InChI is InChI=1S/C9H8N2O2/c10-11-9(12)8-7-4-2-1-3-6(7)5-13-8/h1-5H,10H2,(H,11,12). The number of carbonyl (C=O) groups is 1. The Hall–Kier alpha value is -1.81. The van der Waals surface area contributed by atoms with Gasteiger partial charge in [-0.1, -0.05) is 24.3 Å². The van der Waals surface area contributed by atoms with E-state index in [0.29, 0.717) is 0 Å². The first-order valence-corrected chi connectivity index (χ1v) is 3.80. The number of nitrogens with one attached hydrogen (secondary N) is 1. The van der Waals surface area contributed by atoms with E-state index in [2.05, 4.69) is 0 Å². The fraction of sp³-hybridized carbons (Fsp3) is 0. The van der Waals surface area contributed by atoms with Gasteiger partial charge in [-0.2, -0.15) is 0 Å². The summed E-state index contributed by atoms with van der Waals surface area (Å²) >= 11 is 0. The lowest BCUT2D eigenvalue weighted by Crippen LogP contribution is -2.29. The van der Waals surface area contributed by atoms with Gasteiger partial charge < -0.3 is 4.42 Å². The van der Waals surface area contributed by atoms with Crippen LogP contribution in [0.1, 0.15) is 10.6 Å². The molecule has 0 atom stereocenters. The van der Waals surface area contributed by atoms with Gasteiger partial charge in [-0.15, -0.1) is 0 Å². The minimum Gasteiger partial charge on any atom is -0.458 e. The molecule has 0 saturated carbocycles. The van der Waals surface area contributed by atoms with E-state index < -0.39 is 5.91 Å². The van der Waals surface area contributed by atoms with Gasteiger partial charge in [-0.05, 0) is 0 Å². The third kappa shape index (κ3) is 1.17. The Morgan fingerprint density at radius 1 is 1.38 bits per heavy atom. The maximum absolute atomic E-state index is 11.2. The number of furan rings is 1. The molecule has 0 saturated heterocycles. The lowest BCUT2D eigenvalue weighted by atomic mass is 10.2. The maximum Gasteiger partial charge on any atom is 0.301 e. The molecule has 0 aliphatic carbocycles. The fourth-order valence-electron chi connectivity index (χ4n) is 1.23. The molecule has 0 aliphatic rings. The number of fused-ring (bicyclic) bond motifs is 1. The van der Waals surface area contributed by atoms with Crippen LogP contribution in [0.15, 0.2) is 34.9 Å². The maximum atomic E-state index is 11.2. The SMILES string of the molecule is NNC(=O)c1occ2ccccc12. The monoisotopic (exact) mass is 176 g/mol. The lowest BCUT2D eigenvalue weighted by Gasteiger charge is -1.94. The molecule has 13 heavy (non-hydrogen) atoms. The number of hydrogen-bond donors (Lipinski definition) is 2. The highest BCUT2D eigenvalue weighted by Crippen LogP contribution is 2.19. The summed E-state index contributed by atoms with van der Waals surface area (Å²) in [7, 11) is 0. The second-order valence-corrected chi connectivity index (χ2v) is 2.63. The molecule has 0 radical (unpaired) electrons. The second-order valence-electron chi connectivity index (χ2n) is 2.63. The number of rotatable bonds is 1. The van der Waals surface area contributed by atoms with E-state index in [1.807, 2.05) is 29.7 Å². The first-order chi connectivity index (χ1) is 6.33. The van der Waals surface area contributed by atoms with Crippen LogP contribution in [0.3, 0.4) is 0 Å². The summed E-state index contributed by atoms with van der Waals surface area (Å²) < 4.78 is 5.08. The van der Waals surface area contributed by atoms with Crippen molar-refractivity contribution in [1.29, 1.82) is 0 Å². The van der Waals surface area contributed by atoms with Crippen LogP contribution < -0.4 is 11.3 Å². The summed E-state index contributed by atoms with van der Waals surface area (Å²) in [6, 6.07) is 7.39. The molecule has 0 spiro atoms. The average Bonchev–Trinajstić information content (AvgIpc) is 2.60. The van der Waals surface area contributed by atoms with E-state index in [0.717, 1.165) is 10.8 Å². The Bertz CT molecular complexity index is 448. The van der Waals surface area contributed by atoms with Crippen LogP contribution in [0.5, 0.6) is 0 Å². The van der Waals surface area contributed by atoms with Gasteiger partial charge >= 0.3 is 5.91 Å². The first kappa shape index (κ1) is 7.82. The van der Waals surface area contributed by atoms with E-state index in [1.165, 1.54) is 6.26 Å². The molecule has 4 nitrogen and oxygen atoms in total. The molecule has 0 aliphatic heterocycles. The number of nitrogen functional groups attached to an aromatic ring is 1. The average molecular weight is 176 g/mol. The van der Waals surface area contributed by atoms with Gasteiger partial charge in [-0.25, -0.2) is 5.84 Å². The van der Waals surface area contributed by atoms with Crippen LogP contribution in [0.25, 0.3) is 10.8 Å². The van der Waals surface area contributed by atoms with Crippen LogP contribution in [0, 0.1) is 0 Å². The van der Waals surface area contributed by atoms with Gasteiger partial charge in [0.15, 0.2) is 5.76 Å². The molecular formula is C9H8N2O2. The first-order valence-electron chi connectivity index (χ1n) is 3.80. The molecule has 66 valence electrons. The number of hydrogen-bond acceptors (Lipinski definition) is 3. The number of benzene rings is 1. The van der Waals surface area contributed by atoms with Crippen molar-refractivity contribution in [3.05, 3.63) is 36.3 Å². The van der Waals surface area contributed by atoms with Crippen molar-refractivity contribution in [2.75, 3.05) is 0 Å². The van der Waals surface area contributed by atoms with Crippen molar-refractivity contribution in [1.82, 2.24) is 5.43 Å². The Balaban J connectivity index is 2.64. The molecule has 0 fully saturated rings. The van der Waals surface area contributed by atoms with Gasteiger partial charge in [0.05, 0.1) is 6.26 Å². The fourth-order valence-corrected chi connectivity index (χ4v) is 1.23. The summed E-state index contributed by atoms with van der Waals surface area (Å²) in [5, 5.41) is 1.66. The second kappa shape index (κ2) is 2.91. The predicted octanol–water partition coefficient (Wildman–Crippen LogP) is 1.04. The van der Waals surface area contributed by atoms with Crippen LogP contribution in [-0.2, 0) is 0 Å². The van der Waals surface area contributed by atoms with Crippen LogP contribution >= 0.6 is 0 Å². The quantitative estimate of drug-likeness (QED) is 0.387. The van der Waals surface area contributed by atoms with E-state index >= 15 is 0 Å². The third-order valence-corrected chi connectivity index (χ3v) is 1.85. The third-order valence-electron chi connectivity index (χ3n) is 1.85. The molecule has 4 heteroatoms. The van der Waals surface area contributed by atoms with E-state index in [9.17, 15) is 4.79 Å². The van der Waals surface area contributed by atoms with Crippen molar-refractivity contribution in [2.24, 2.45) is 5.84 Å². The summed E-state index contributed by atoms with van der Waals surface area (Å²) in [4.78, 5) is 11.2. The zero-order valence-corrected chi connectivity index (χ0v) is 6.78. The highest BCUT2D eigenvalue weighted by molar-refractivity contribution is 6.04. The molecule has 1 amide bonds. The normalized spacial score (nSPS) is 10.2. The minimum atomic E-state index is -0.416. The van der Waals surface area contributed by atoms with E-state index in [4.69, 9.17) is 10.3 Å². The largest absolute Gasteiger partial charge is 0.458 e. The van der Waals surface area contributed by atoms with E-state index in [-0.39, 0.29) is 5.76 Å². The number of nitrogens with two attached hydrogens (primary N) is 1. The molecule has 2 aromatic rings. The zero-order chi connectivity index (χ0) is 9.26. The van der Waals surface area contributed by atoms with Gasteiger partial charge in [0, 0.05) is 10.8 Å². The lowest BCUT2D eigenvalue weighted by molar-refractivity contribution is 0.0928. The molecule has 3 N–H and O–H groups in total. The highest BCUT2D eigenvalue weighted by atomic mass is 16.3. The Morgan fingerprint density at radius 3 is 2.92 bits per heavy atom. The summed E-state index contributed by atoms with van der Waals surface area (Å²) in [5.41, 5.74) is 2.03. The van der Waals surface area contributed by atoms with Crippen molar-refractivity contribution < 1.29 is 9.21 Å². The Kier molecular flexibility index (Phi) is 1.75. The molecular weight excluding hydrogens is 168 g/mol. The minimum absolute atomic E-state index is 0.248. The number of hydrazine groups is 1. The molecule has 1 aromatic heterocycles. The number of amides is 1. The van der Waals surface area contributed by atoms with E-state index in [1.54, 1.807) is 0 Å². The Morgan fingerprint density at radius 2 is 2.15 bits per heavy atom. The summed E-state index contributed by atoms with van der Waals surface area (Å²) in [5.74, 6) is 4.83. The van der Waals surface area contributed by atoms with Crippen molar-refractivity contribution >= 4 is 16.7 Å². The summed E-state index contributed by atoms with van der Waals surface area (Å²) in [6.45, 7) is 0. The van der Waals surface area contributed by atoms with Crippen molar-refractivity contribution in [3.63, 3.8) is 0 Å². The van der Waals surface area contributed by atoms with Crippen LogP contribution in [0.4, 0.5) is 0 Å². The van der Waals surface area contributed by atoms with Crippen molar-refractivity contribution in [2.45, 2.75) is 0 Å². The molecule has 0 unspecified atom stereocenters. The molecule has 1 aromatic carbocycles. The topological polar surface area (TPSA) is 68.3 Å².